The summed E-state index contributed by atoms with van der Waals surface area (Å²) in [7, 11) is 0. The molecule has 1 N–H and O–H groups in total. The van der Waals surface area contributed by atoms with Gasteiger partial charge in [-0.15, -0.1) is 6.04 Å². The molecule has 1 aliphatic carbocycles. The second kappa shape index (κ2) is 10.3. The predicted octanol–water partition coefficient (Wildman–Crippen LogP) is 2.92. The summed E-state index contributed by atoms with van der Waals surface area (Å²) >= 11 is 0. The summed E-state index contributed by atoms with van der Waals surface area (Å²) in [6.07, 6.45) is 6.36. The minimum absolute atomic E-state index is 0. The Hall–Kier alpha value is -0.206. The maximum atomic E-state index is 10.0. The Balaban J connectivity index is 0. The van der Waals surface area contributed by atoms with Crippen LogP contribution in [0.5, 0.6) is 0 Å². The van der Waals surface area contributed by atoms with Crippen molar-refractivity contribution in [1.82, 2.24) is 0 Å². The monoisotopic (exact) mass is 256 g/mol. The molecule has 4 heteroatoms. The largest absolute Gasteiger partial charge is 2.00 e. The second-order valence-electron chi connectivity index (χ2n) is 3.92. The quantitative estimate of drug-likeness (QED) is 0.564. The van der Waals surface area contributed by atoms with Crippen LogP contribution in [0.2, 0.25) is 0 Å². The van der Waals surface area contributed by atoms with Crippen LogP contribution in [0.3, 0.4) is 0 Å². The Morgan fingerprint density at radius 2 is 1.47 bits per heavy atom. The van der Waals surface area contributed by atoms with Crippen molar-refractivity contribution in [2.45, 2.75) is 58.4 Å². The van der Waals surface area contributed by atoms with Crippen LogP contribution >= 0.6 is 0 Å². The molecule has 0 amide bonds. The van der Waals surface area contributed by atoms with Crippen molar-refractivity contribution >= 4 is 11.6 Å². The van der Waals surface area contributed by atoms with Crippen molar-refractivity contribution in [3.63, 3.8) is 0 Å². The van der Waals surface area contributed by atoms with E-state index >= 15 is 0 Å². The van der Waals surface area contributed by atoms with Crippen LogP contribution in [-0.4, -0.2) is 17.6 Å². The third kappa shape index (κ3) is 13.8. The molecule has 0 bridgehead atoms. The number of carbonyl (C=O) groups excluding carboxylic acids is 2. The first kappa shape index (κ1) is 17.2. The molecule has 1 rings (SSSR count). The minimum atomic E-state index is -0.0625. The molecule has 1 fully saturated rings. The smallest absolute Gasteiger partial charge is 0.675 e. The predicted molar refractivity (Wildman–Crippen MR) is 57.2 cm³/mol. The first-order valence-electron chi connectivity index (χ1n) is 5.22. The molecule has 0 spiro atoms. The van der Waals surface area contributed by atoms with Crippen LogP contribution in [0.15, 0.2) is 0 Å². The van der Waals surface area contributed by atoms with Crippen molar-refractivity contribution in [1.29, 1.82) is 0 Å². The average molecular weight is 257 g/mol. The van der Waals surface area contributed by atoms with E-state index in [2.05, 4.69) is 0 Å². The van der Waals surface area contributed by atoms with Crippen LogP contribution in [0.25, 0.3) is 5.73 Å². The molecular formula is C11H20NNiO2+. The van der Waals surface area contributed by atoms with Gasteiger partial charge in [-0.25, -0.2) is 0 Å². The summed E-state index contributed by atoms with van der Waals surface area (Å²) in [4.78, 5) is 20.1. The normalized spacial score (nSPS) is 15.7. The number of hydrogen-bond acceptors (Lipinski definition) is 2. The van der Waals surface area contributed by atoms with E-state index in [4.69, 9.17) is 5.73 Å². The molecule has 0 unspecified atom stereocenters. The zero-order valence-corrected chi connectivity index (χ0v) is 10.4. The number of nitrogens with one attached hydrogen (secondary N) is 1. The van der Waals surface area contributed by atoms with Crippen molar-refractivity contribution in [3.8, 4) is 0 Å². The molecule has 0 aromatic heterocycles. The first-order valence-corrected chi connectivity index (χ1v) is 5.22. The van der Waals surface area contributed by atoms with E-state index in [1.807, 2.05) is 0 Å². The molecule has 0 aromatic rings. The number of carbonyl (C=O) groups is 2. The third-order valence-corrected chi connectivity index (χ3v) is 2.10. The van der Waals surface area contributed by atoms with Crippen LogP contribution < -0.4 is 0 Å². The number of Topliss-reactive ketones (excluding diaryl/α,β-unsaturated/α-hetero) is 2. The van der Waals surface area contributed by atoms with Gasteiger partial charge in [-0.1, -0.05) is 32.1 Å². The Morgan fingerprint density at radius 1 is 1.07 bits per heavy atom. The van der Waals surface area contributed by atoms with Gasteiger partial charge in [0, 0.05) is 0 Å². The van der Waals surface area contributed by atoms with E-state index in [1.165, 1.54) is 33.1 Å². The molecule has 0 aromatic carbocycles. The summed E-state index contributed by atoms with van der Waals surface area (Å²) in [5.41, 5.74) is 7.27. The summed E-state index contributed by atoms with van der Waals surface area (Å²) in [6.45, 7) is 2.81. The van der Waals surface area contributed by atoms with E-state index < -0.39 is 0 Å². The number of hydrogen-bond donors (Lipinski definition) is 0. The SMILES string of the molecule is CC(=O)CC(C)=O.[NH-]C1CCCCC1.[Ni+2]. The van der Waals surface area contributed by atoms with Gasteiger partial charge in [0.2, 0.25) is 0 Å². The molecule has 0 saturated heterocycles. The topological polar surface area (TPSA) is 57.9 Å². The molecule has 90 valence electrons. The summed E-state index contributed by atoms with van der Waals surface area (Å²) in [5, 5.41) is 0. The molecule has 15 heavy (non-hydrogen) atoms. The van der Waals surface area contributed by atoms with Crippen LogP contribution in [0, 0.1) is 0 Å². The average Bonchev–Trinajstić information content (AvgIpc) is 2.03. The zero-order valence-electron chi connectivity index (χ0n) is 9.45. The van der Waals surface area contributed by atoms with Gasteiger partial charge in [-0.3, -0.25) is 9.59 Å². The van der Waals surface area contributed by atoms with E-state index in [1.54, 1.807) is 0 Å². The summed E-state index contributed by atoms with van der Waals surface area (Å²) in [5.74, 6) is -0.125. The van der Waals surface area contributed by atoms with Gasteiger partial charge in [0.15, 0.2) is 0 Å². The first-order chi connectivity index (χ1) is 6.52. The van der Waals surface area contributed by atoms with Gasteiger partial charge >= 0.3 is 16.5 Å². The van der Waals surface area contributed by atoms with Crippen molar-refractivity contribution in [3.05, 3.63) is 5.73 Å². The van der Waals surface area contributed by atoms with E-state index in [-0.39, 0.29) is 40.5 Å². The molecule has 0 atom stereocenters. The van der Waals surface area contributed by atoms with Gasteiger partial charge < -0.3 is 5.73 Å². The van der Waals surface area contributed by atoms with Gasteiger partial charge in [0.25, 0.3) is 0 Å². The fraction of sp³-hybridized carbons (Fsp3) is 0.818. The summed E-state index contributed by atoms with van der Waals surface area (Å²) in [6, 6.07) is 0.286. The Bertz CT molecular complexity index is 177. The Kier molecular flexibility index (Phi) is 11.8. The molecule has 0 radical (unpaired) electrons. The molecule has 3 nitrogen and oxygen atoms in total. The van der Waals surface area contributed by atoms with Gasteiger partial charge in [0.1, 0.15) is 11.6 Å². The van der Waals surface area contributed by atoms with Crippen LogP contribution in [0.4, 0.5) is 0 Å². The second-order valence-corrected chi connectivity index (χ2v) is 3.92. The van der Waals surface area contributed by atoms with Gasteiger partial charge in [-0.05, 0) is 13.8 Å². The molecule has 1 aliphatic rings. The van der Waals surface area contributed by atoms with Gasteiger partial charge in [0.05, 0.1) is 6.42 Å². The van der Waals surface area contributed by atoms with Crippen molar-refractivity contribution in [2.24, 2.45) is 0 Å². The van der Waals surface area contributed by atoms with E-state index in [9.17, 15) is 9.59 Å². The maximum absolute atomic E-state index is 10.0. The van der Waals surface area contributed by atoms with Gasteiger partial charge in [-0.2, -0.15) is 0 Å². The van der Waals surface area contributed by atoms with E-state index in [0.29, 0.717) is 0 Å². The number of rotatable bonds is 2. The van der Waals surface area contributed by atoms with Crippen LogP contribution in [0.1, 0.15) is 52.4 Å². The maximum Gasteiger partial charge on any atom is 2.00 e. The fourth-order valence-corrected chi connectivity index (χ4v) is 1.45. The Labute approximate surface area is 102 Å². The molecule has 0 heterocycles. The van der Waals surface area contributed by atoms with Crippen LogP contribution in [-0.2, 0) is 26.1 Å². The minimum Gasteiger partial charge on any atom is -0.675 e. The molecule has 1 saturated carbocycles. The van der Waals surface area contributed by atoms with Crippen molar-refractivity contribution < 1.29 is 26.1 Å². The number of ketones is 2. The standard InChI is InChI=1S/C6H12N.C5H8O2.Ni/c7-6-4-2-1-3-5-6;1-4(6)3-5(2)7;/h6-7H,1-5H2;3H2,1-2H3;/q-1;;+2. The van der Waals surface area contributed by atoms with E-state index in [0.717, 1.165) is 12.8 Å². The molecule has 0 aliphatic heterocycles. The molecular weight excluding hydrogens is 237 g/mol. The Morgan fingerprint density at radius 3 is 1.60 bits per heavy atom. The summed E-state index contributed by atoms with van der Waals surface area (Å²) < 4.78 is 0. The third-order valence-electron chi connectivity index (χ3n) is 2.10. The van der Waals surface area contributed by atoms with Crippen molar-refractivity contribution in [2.75, 3.05) is 0 Å². The zero-order chi connectivity index (χ0) is 11.0. The fourth-order valence-electron chi connectivity index (χ4n) is 1.45.